The van der Waals surface area contributed by atoms with Crippen LogP contribution in [-0.4, -0.2) is 55.0 Å². The largest absolute Gasteiger partial charge is 0.460 e. The van der Waals surface area contributed by atoms with Gasteiger partial charge in [0.1, 0.15) is 6.61 Å². The zero-order valence-corrected chi connectivity index (χ0v) is 11.7. The first kappa shape index (κ1) is 16.4. The second-order valence-corrected chi connectivity index (χ2v) is 4.26. The van der Waals surface area contributed by atoms with Crippen molar-refractivity contribution in [3.63, 3.8) is 0 Å². The highest BCUT2D eigenvalue weighted by atomic mass is 16.5. The molecule has 0 aromatic rings. The predicted octanol–water partition coefficient (Wildman–Crippen LogP) is -0.670. The Kier molecular flexibility index (Phi) is 6.12. The molecule has 0 fully saturated rings. The van der Waals surface area contributed by atoms with Gasteiger partial charge in [0.2, 0.25) is 0 Å². The maximum atomic E-state index is 11.4. The van der Waals surface area contributed by atoms with Crippen LogP contribution < -0.4 is 10.6 Å². The summed E-state index contributed by atoms with van der Waals surface area (Å²) in [7, 11) is 0. The Morgan fingerprint density at radius 2 is 1.76 bits per heavy atom. The van der Waals surface area contributed by atoms with Crippen LogP contribution in [0, 0.1) is 0 Å². The standard InChI is InChI=1S/C13H17N3O5/c1-9(2)12(19)21-8-6-15-13(20)14-5-7-16-10(17)3-4-11(16)18/h3-4H,1,5-8H2,2H3,(H2,14,15,20). The average Bonchev–Trinajstić information content (AvgIpc) is 2.74. The van der Waals surface area contributed by atoms with Crippen molar-refractivity contribution in [3.05, 3.63) is 24.3 Å². The van der Waals surface area contributed by atoms with Crippen molar-refractivity contribution < 1.29 is 23.9 Å². The van der Waals surface area contributed by atoms with E-state index in [1.165, 1.54) is 19.1 Å². The van der Waals surface area contributed by atoms with E-state index in [0.29, 0.717) is 0 Å². The second kappa shape index (κ2) is 7.83. The van der Waals surface area contributed by atoms with Crippen molar-refractivity contribution >= 4 is 23.8 Å². The fraction of sp³-hybridized carbons (Fsp3) is 0.385. The highest BCUT2D eigenvalue weighted by Crippen LogP contribution is 2.01. The Morgan fingerprint density at radius 3 is 2.33 bits per heavy atom. The van der Waals surface area contributed by atoms with E-state index in [1.807, 2.05) is 0 Å². The van der Waals surface area contributed by atoms with Crippen molar-refractivity contribution in [1.82, 2.24) is 15.5 Å². The number of esters is 1. The van der Waals surface area contributed by atoms with Crippen molar-refractivity contribution in [2.75, 3.05) is 26.2 Å². The number of hydrogen-bond donors (Lipinski definition) is 2. The molecule has 0 saturated heterocycles. The third kappa shape index (κ3) is 5.47. The third-order valence-electron chi connectivity index (χ3n) is 2.49. The van der Waals surface area contributed by atoms with Gasteiger partial charge in [-0.2, -0.15) is 0 Å². The summed E-state index contributed by atoms with van der Waals surface area (Å²) in [5.74, 6) is -1.31. The third-order valence-corrected chi connectivity index (χ3v) is 2.49. The van der Waals surface area contributed by atoms with Crippen molar-refractivity contribution in [1.29, 1.82) is 0 Å². The van der Waals surface area contributed by atoms with Gasteiger partial charge in [-0.15, -0.1) is 0 Å². The van der Waals surface area contributed by atoms with E-state index in [1.54, 1.807) is 0 Å². The highest BCUT2D eigenvalue weighted by molar-refractivity contribution is 6.12. The summed E-state index contributed by atoms with van der Waals surface area (Å²) in [6, 6.07) is -0.478. The fourth-order valence-corrected chi connectivity index (χ4v) is 1.43. The van der Waals surface area contributed by atoms with Gasteiger partial charge in [0.15, 0.2) is 0 Å². The highest BCUT2D eigenvalue weighted by Gasteiger charge is 2.22. The minimum Gasteiger partial charge on any atom is -0.460 e. The smallest absolute Gasteiger partial charge is 0.333 e. The Balaban J connectivity index is 2.09. The molecule has 1 aliphatic heterocycles. The Hall–Kier alpha value is -2.64. The Morgan fingerprint density at radius 1 is 1.19 bits per heavy atom. The first-order valence-electron chi connectivity index (χ1n) is 6.29. The minimum absolute atomic E-state index is 0.0339. The summed E-state index contributed by atoms with van der Waals surface area (Å²) >= 11 is 0. The van der Waals surface area contributed by atoms with Crippen LogP contribution in [0.1, 0.15) is 6.92 Å². The number of imide groups is 1. The van der Waals surface area contributed by atoms with E-state index in [9.17, 15) is 19.2 Å². The minimum atomic E-state index is -0.518. The quantitative estimate of drug-likeness (QED) is 0.280. The van der Waals surface area contributed by atoms with E-state index in [2.05, 4.69) is 17.2 Å². The van der Waals surface area contributed by atoms with Crippen molar-refractivity contribution in [2.45, 2.75) is 6.92 Å². The van der Waals surface area contributed by atoms with Gasteiger partial charge in [-0.1, -0.05) is 6.58 Å². The van der Waals surface area contributed by atoms with Crippen LogP contribution in [0.2, 0.25) is 0 Å². The molecule has 4 amide bonds. The molecule has 0 unspecified atom stereocenters. The molecular formula is C13H17N3O5. The van der Waals surface area contributed by atoms with E-state index in [4.69, 9.17) is 4.74 Å². The SMILES string of the molecule is C=C(C)C(=O)OCCNC(=O)NCCN1C(=O)C=CC1=O. The second-order valence-electron chi connectivity index (χ2n) is 4.26. The number of carbonyl (C=O) groups excluding carboxylic acids is 4. The van der Waals surface area contributed by atoms with Crippen LogP contribution in [-0.2, 0) is 19.1 Å². The van der Waals surface area contributed by atoms with Gasteiger partial charge >= 0.3 is 12.0 Å². The summed E-state index contributed by atoms with van der Waals surface area (Å²) in [5.41, 5.74) is 0.285. The van der Waals surface area contributed by atoms with Gasteiger partial charge < -0.3 is 15.4 Å². The van der Waals surface area contributed by atoms with Crippen LogP contribution in [0.3, 0.4) is 0 Å². The van der Waals surface area contributed by atoms with Crippen LogP contribution in [0.25, 0.3) is 0 Å². The molecule has 0 aromatic heterocycles. The van der Waals surface area contributed by atoms with E-state index in [0.717, 1.165) is 4.90 Å². The lowest BCUT2D eigenvalue weighted by atomic mass is 10.4. The molecule has 0 atom stereocenters. The zero-order valence-electron chi connectivity index (χ0n) is 11.7. The van der Waals surface area contributed by atoms with Gasteiger partial charge in [0, 0.05) is 30.8 Å². The molecule has 8 nitrogen and oxygen atoms in total. The van der Waals surface area contributed by atoms with Crippen molar-refractivity contribution in [3.8, 4) is 0 Å². The fourth-order valence-electron chi connectivity index (χ4n) is 1.43. The molecule has 21 heavy (non-hydrogen) atoms. The number of nitrogens with one attached hydrogen (secondary N) is 2. The molecule has 1 heterocycles. The van der Waals surface area contributed by atoms with Gasteiger partial charge in [-0.25, -0.2) is 9.59 Å². The topological polar surface area (TPSA) is 105 Å². The van der Waals surface area contributed by atoms with Crippen LogP contribution in [0.4, 0.5) is 4.79 Å². The number of urea groups is 1. The van der Waals surface area contributed by atoms with Crippen LogP contribution in [0.15, 0.2) is 24.3 Å². The molecule has 1 aliphatic rings. The predicted molar refractivity (Wildman–Crippen MR) is 73.0 cm³/mol. The van der Waals surface area contributed by atoms with Crippen molar-refractivity contribution in [2.24, 2.45) is 0 Å². The maximum absolute atomic E-state index is 11.4. The molecule has 8 heteroatoms. The monoisotopic (exact) mass is 295 g/mol. The van der Waals surface area contributed by atoms with Gasteiger partial charge in [-0.3, -0.25) is 14.5 Å². The molecule has 114 valence electrons. The number of rotatable bonds is 7. The first-order valence-corrected chi connectivity index (χ1v) is 6.29. The first-order chi connectivity index (χ1) is 9.91. The van der Waals surface area contributed by atoms with Gasteiger partial charge in [-0.05, 0) is 6.92 Å². The molecule has 0 saturated carbocycles. The van der Waals surface area contributed by atoms with E-state index < -0.39 is 23.8 Å². The number of nitrogens with zero attached hydrogens (tertiary/aromatic N) is 1. The summed E-state index contributed by atoms with van der Waals surface area (Å²) in [4.78, 5) is 45.9. The summed E-state index contributed by atoms with van der Waals surface area (Å²) in [6.45, 7) is 5.36. The number of ether oxygens (including phenoxy) is 1. The average molecular weight is 295 g/mol. The Labute approximate surface area is 121 Å². The summed E-state index contributed by atoms with van der Waals surface area (Å²) in [6.07, 6.45) is 2.36. The summed E-state index contributed by atoms with van der Waals surface area (Å²) in [5, 5.41) is 4.94. The normalized spacial score (nSPS) is 13.3. The maximum Gasteiger partial charge on any atom is 0.333 e. The number of hydrogen-bond acceptors (Lipinski definition) is 5. The molecular weight excluding hydrogens is 278 g/mol. The van der Waals surface area contributed by atoms with Gasteiger partial charge in [0.05, 0.1) is 6.54 Å². The Bertz CT molecular complexity index is 480. The lowest BCUT2D eigenvalue weighted by Gasteiger charge is -2.14. The molecule has 0 aromatic carbocycles. The van der Waals surface area contributed by atoms with Gasteiger partial charge in [0.25, 0.3) is 11.8 Å². The van der Waals surface area contributed by atoms with Crippen LogP contribution in [0.5, 0.6) is 0 Å². The lowest BCUT2D eigenvalue weighted by Crippen LogP contribution is -2.42. The molecule has 1 rings (SSSR count). The summed E-state index contributed by atoms with van der Waals surface area (Å²) < 4.78 is 4.78. The zero-order chi connectivity index (χ0) is 15.8. The molecule has 0 radical (unpaired) electrons. The number of amides is 4. The lowest BCUT2D eigenvalue weighted by molar-refractivity contribution is -0.139. The molecule has 0 spiro atoms. The number of carbonyl (C=O) groups is 4. The molecule has 0 bridgehead atoms. The molecule has 2 N–H and O–H groups in total. The van der Waals surface area contributed by atoms with E-state index >= 15 is 0 Å². The van der Waals surface area contributed by atoms with E-state index in [-0.39, 0.29) is 31.8 Å². The van der Waals surface area contributed by atoms with Crippen LogP contribution >= 0.6 is 0 Å². The molecule has 0 aliphatic carbocycles.